The number of rotatable bonds is 10. The van der Waals surface area contributed by atoms with Gasteiger partial charge in [0.15, 0.2) is 5.79 Å². The number of hydrogen-bond acceptors (Lipinski definition) is 3. The molecule has 0 rings (SSSR count). The van der Waals surface area contributed by atoms with Gasteiger partial charge in [-0.1, -0.05) is 27.7 Å². The van der Waals surface area contributed by atoms with E-state index in [-0.39, 0.29) is 0 Å². The van der Waals surface area contributed by atoms with E-state index in [9.17, 15) is 9.90 Å². The second-order valence-electron chi connectivity index (χ2n) is 4.74. The highest BCUT2D eigenvalue weighted by Gasteiger charge is 2.53. The van der Waals surface area contributed by atoms with Crippen LogP contribution >= 0.6 is 0 Å². The predicted octanol–water partition coefficient (Wildman–Crippen LogP) is 3.45. The normalized spacial score (nSPS) is 12.7. The molecule has 0 aromatic carbocycles. The second-order valence-corrected chi connectivity index (χ2v) is 4.74. The molecule has 108 valence electrons. The molecule has 0 aliphatic carbocycles. The number of carbonyl (C=O) groups is 1. The van der Waals surface area contributed by atoms with Crippen molar-refractivity contribution in [2.75, 3.05) is 13.2 Å². The molecule has 1 N–H and O–H groups in total. The van der Waals surface area contributed by atoms with Gasteiger partial charge in [-0.25, -0.2) is 0 Å². The lowest BCUT2D eigenvalue weighted by Crippen LogP contribution is -2.54. The van der Waals surface area contributed by atoms with Gasteiger partial charge in [-0.2, -0.15) is 0 Å². The van der Waals surface area contributed by atoms with Crippen molar-refractivity contribution in [1.82, 2.24) is 0 Å². The molecule has 0 aliphatic rings. The summed E-state index contributed by atoms with van der Waals surface area (Å²) >= 11 is 0. The monoisotopic (exact) mass is 260 g/mol. The first-order valence-electron chi connectivity index (χ1n) is 6.95. The fourth-order valence-corrected chi connectivity index (χ4v) is 2.30. The predicted molar refractivity (Wildman–Crippen MR) is 71.5 cm³/mol. The zero-order valence-corrected chi connectivity index (χ0v) is 12.4. The van der Waals surface area contributed by atoms with Crippen LogP contribution in [-0.4, -0.2) is 30.1 Å². The summed E-state index contributed by atoms with van der Waals surface area (Å²) in [6, 6.07) is 0. The van der Waals surface area contributed by atoms with Crippen LogP contribution in [0, 0.1) is 5.41 Å². The van der Waals surface area contributed by atoms with E-state index in [0.717, 1.165) is 12.8 Å². The van der Waals surface area contributed by atoms with Crippen LogP contribution in [-0.2, 0) is 14.3 Å². The average molecular weight is 260 g/mol. The molecule has 0 unspecified atom stereocenters. The SMILES string of the molecule is CCCOC(C)(OCCC)C(CC)(CC)C(=O)O. The highest BCUT2D eigenvalue weighted by Crippen LogP contribution is 2.42. The summed E-state index contributed by atoms with van der Waals surface area (Å²) in [5.74, 6) is -1.91. The summed E-state index contributed by atoms with van der Waals surface area (Å²) in [7, 11) is 0. The minimum atomic E-state index is -1.06. The molecule has 0 bridgehead atoms. The van der Waals surface area contributed by atoms with E-state index in [1.54, 1.807) is 6.92 Å². The summed E-state index contributed by atoms with van der Waals surface area (Å²) in [6.07, 6.45) is 2.66. The third-order valence-electron chi connectivity index (χ3n) is 3.65. The first-order valence-corrected chi connectivity index (χ1v) is 6.95. The van der Waals surface area contributed by atoms with Gasteiger partial charge in [0, 0.05) is 13.2 Å². The molecule has 0 atom stereocenters. The lowest BCUT2D eigenvalue weighted by Gasteiger charge is -2.44. The molecular formula is C14H28O4. The van der Waals surface area contributed by atoms with E-state index >= 15 is 0 Å². The lowest BCUT2D eigenvalue weighted by atomic mass is 9.75. The molecule has 0 radical (unpaired) electrons. The van der Waals surface area contributed by atoms with Crippen LogP contribution < -0.4 is 0 Å². The largest absolute Gasteiger partial charge is 0.481 e. The molecule has 18 heavy (non-hydrogen) atoms. The maximum absolute atomic E-state index is 11.7. The van der Waals surface area contributed by atoms with Crippen LogP contribution in [0.5, 0.6) is 0 Å². The van der Waals surface area contributed by atoms with Crippen LogP contribution in [0.4, 0.5) is 0 Å². The zero-order valence-electron chi connectivity index (χ0n) is 12.4. The fraction of sp³-hybridized carbons (Fsp3) is 0.929. The highest BCUT2D eigenvalue weighted by molar-refractivity contribution is 5.75. The Kier molecular flexibility index (Phi) is 7.48. The second kappa shape index (κ2) is 7.74. The Labute approximate surface area is 111 Å². The highest BCUT2D eigenvalue weighted by atomic mass is 16.7. The van der Waals surface area contributed by atoms with E-state index in [2.05, 4.69) is 0 Å². The Bertz CT molecular complexity index is 238. The lowest BCUT2D eigenvalue weighted by molar-refractivity contribution is -0.289. The van der Waals surface area contributed by atoms with Gasteiger partial charge >= 0.3 is 5.97 Å². The quantitative estimate of drug-likeness (QED) is 0.611. The van der Waals surface area contributed by atoms with Gasteiger partial charge in [0.2, 0.25) is 0 Å². The van der Waals surface area contributed by atoms with Crippen LogP contribution in [0.2, 0.25) is 0 Å². The maximum Gasteiger partial charge on any atom is 0.315 e. The van der Waals surface area contributed by atoms with E-state index in [1.807, 2.05) is 27.7 Å². The molecule has 0 fully saturated rings. The molecule has 0 saturated carbocycles. The van der Waals surface area contributed by atoms with Crippen molar-refractivity contribution < 1.29 is 19.4 Å². The summed E-state index contributed by atoms with van der Waals surface area (Å²) in [6.45, 7) is 10.5. The molecule has 0 amide bonds. The van der Waals surface area contributed by atoms with E-state index in [4.69, 9.17) is 9.47 Å². The van der Waals surface area contributed by atoms with Gasteiger partial charge in [0.05, 0.1) is 0 Å². The first-order chi connectivity index (χ1) is 8.44. The fourth-order valence-electron chi connectivity index (χ4n) is 2.30. The minimum Gasteiger partial charge on any atom is -0.481 e. The molecule has 4 heteroatoms. The Hall–Kier alpha value is -0.610. The number of ether oxygens (including phenoxy) is 2. The smallest absolute Gasteiger partial charge is 0.315 e. The third-order valence-corrected chi connectivity index (χ3v) is 3.65. The van der Waals surface area contributed by atoms with Crippen LogP contribution in [0.15, 0.2) is 0 Å². The van der Waals surface area contributed by atoms with Gasteiger partial charge in [-0.05, 0) is 32.6 Å². The van der Waals surface area contributed by atoms with Crippen molar-refractivity contribution in [2.24, 2.45) is 5.41 Å². The standard InChI is InChI=1S/C14H28O4/c1-6-10-17-13(5,18-11-7-2)14(8-3,9-4)12(15)16/h6-11H2,1-5H3,(H,15,16). The van der Waals surface area contributed by atoms with Crippen molar-refractivity contribution in [3.05, 3.63) is 0 Å². The molecule has 4 nitrogen and oxygen atoms in total. The molecule has 0 aromatic rings. The third kappa shape index (κ3) is 3.45. The van der Waals surface area contributed by atoms with Crippen LogP contribution in [0.3, 0.4) is 0 Å². The molecule has 0 aliphatic heterocycles. The van der Waals surface area contributed by atoms with E-state index < -0.39 is 17.2 Å². The van der Waals surface area contributed by atoms with Gasteiger partial charge < -0.3 is 14.6 Å². The van der Waals surface area contributed by atoms with Crippen LogP contribution in [0.1, 0.15) is 60.3 Å². The molecular weight excluding hydrogens is 232 g/mol. The topological polar surface area (TPSA) is 55.8 Å². The average Bonchev–Trinajstić information content (AvgIpc) is 2.35. The van der Waals surface area contributed by atoms with E-state index in [0.29, 0.717) is 26.1 Å². The van der Waals surface area contributed by atoms with Gasteiger partial charge in [0.1, 0.15) is 5.41 Å². The maximum atomic E-state index is 11.7. The Balaban J connectivity index is 5.26. The van der Waals surface area contributed by atoms with Gasteiger partial charge in [-0.15, -0.1) is 0 Å². The Morgan fingerprint density at radius 1 is 1.00 bits per heavy atom. The molecule has 0 aromatic heterocycles. The van der Waals surface area contributed by atoms with Crippen LogP contribution in [0.25, 0.3) is 0 Å². The van der Waals surface area contributed by atoms with Gasteiger partial charge in [0.25, 0.3) is 0 Å². The summed E-state index contributed by atoms with van der Waals surface area (Å²) < 4.78 is 11.6. The Morgan fingerprint density at radius 3 is 1.61 bits per heavy atom. The van der Waals surface area contributed by atoms with Crippen molar-refractivity contribution in [3.63, 3.8) is 0 Å². The number of carboxylic acids is 1. The molecule has 0 spiro atoms. The summed E-state index contributed by atoms with van der Waals surface area (Å²) in [4.78, 5) is 11.7. The molecule has 0 saturated heterocycles. The zero-order chi connectivity index (χ0) is 14.2. The Morgan fingerprint density at radius 2 is 1.39 bits per heavy atom. The van der Waals surface area contributed by atoms with Crippen molar-refractivity contribution in [1.29, 1.82) is 0 Å². The minimum absolute atomic E-state index is 0.489. The van der Waals surface area contributed by atoms with E-state index in [1.165, 1.54) is 0 Å². The van der Waals surface area contributed by atoms with Crippen molar-refractivity contribution in [3.8, 4) is 0 Å². The van der Waals surface area contributed by atoms with Crippen molar-refractivity contribution >= 4 is 5.97 Å². The van der Waals surface area contributed by atoms with Crippen molar-refractivity contribution in [2.45, 2.75) is 66.1 Å². The summed E-state index contributed by atoms with van der Waals surface area (Å²) in [5.41, 5.74) is -0.989. The number of aliphatic carboxylic acids is 1. The molecule has 0 heterocycles. The number of hydrogen-bond donors (Lipinski definition) is 1. The van der Waals surface area contributed by atoms with Gasteiger partial charge in [-0.3, -0.25) is 4.79 Å². The number of carboxylic acid groups (broad SMARTS) is 1. The summed E-state index contributed by atoms with van der Waals surface area (Å²) in [5, 5.41) is 9.60. The first kappa shape index (κ1) is 17.4.